The summed E-state index contributed by atoms with van der Waals surface area (Å²) in [7, 11) is 0. The highest BCUT2D eigenvalue weighted by Gasteiger charge is 2.49. The van der Waals surface area contributed by atoms with E-state index in [2.05, 4.69) is 6.92 Å². The molecule has 3 nitrogen and oxygen atoms in total. The van der Waals surface area contributed by atoms with Gasteiger partial charge in [-0.15, -0.1) is 0 Å². The van der Waals surface area contributed by atoms with Gasteiger partial charge < -0.3 is 4.74 Å². The third-order valence-corrected chi connectivity index (χ3v) is 7.51. The van der Waals surface area contributed by atoms with Crippen LogP contribution in [0.3, 0.4) is 0 Å². The lowest BCUT2D eigenvalue weighted by Gasteiger charge is -2.53. The van der Waals surface area contributed by atoms with Gasteiger partial charge in [-0.05, 0) is 87.2 Å². The normalized spacial score (nSPS) is 33.2. The van der Waals surface area contributed by atoms with Gasteiger partial charge in [-0.1, -0.05) is 50.8 Å². The average Bonchev–Trinajstić information content (AvgIpc) is 2.75. The molecule has 0 aliphatic heterocycles. The Labute approximate surface area is 177 Å². The van der Waals surface area contributed by atoms with Crippen molar-refractivity contribution in [1.82, 2.24) is 0 Å². The Balaban J connectivity index is 0.000000161. The Morgan fingerprint density at radius 3 is 2.07 bits per heavy atom. The van der Waals surface area contributed by atoms with Crippen molar-refractivity contribution in [2.45, 2.75) is 96.2 Å². The van der Waals surface area contributed by atoms with E-state index < -0.39 is 0 Å². The van der Waals surface area contributed by atoms with Crippen LogP contribution in [0.5, 0.6) is 5.75 Å². The SMILES string of the molecule is C1CCC(OOC2C3CC4CC(C3)CC2C4)CC1.CCCCOc1ccccc1. The highest BCUT2D eigenvalue weighted by atomic mass is 17.2. The second-order valence-corrected chi connectivity index (χ2v) is 9.86. The molecule has 0 unspecified atom stereocenters. The van der Waals surface area contributed by atoms with E-state index >= 15 is 0 Å². The second-order valence-electron chi connectivity index (χ2n) is 9.86. The topological polar surface area (TPSA) is 27.7 Å². The Morgan fingerprint density at radius 2 is 1.45 bits per heavy atom. The van der Waals surface area contributed by atoms with Crippen LogP contribution in [0.25, 0.3) is 0 Å². The third-order valence-electron chi connectivity index (χ3n) is 7.51. The summed E-state index contributed by atoms with van der Waals surface area (Å²) >= 11 is 0. The lowest BCUT2D eigenvalue weighted by atomic mass is 9.55. The van der Waals surface area contributed by atoms with Gasteiger partial charge in [0, 0.05) is 0 Å². The number of hydrogen-bond acceptors (Lipinski definition) is 3. The van der Waals surface area contributed by atoms with Gasteiger partial charge in [-0.2, -0.15) is 0 Å². The molecular weight excluding hydrogens is 360 g/mol. The highest BCUT2D eigenvalue weighted by molar-refractivity contribution is 5.20. The summed E-state index contributed by atoms with van der Waals surface area (Å²) in [6.45, 7) is 2.99. The molecular formula is C26H40O3. The average molecular weight is 401 g/mol. The molecule has 1 aromatic rings. The predicted molar refractivity (Wildman–Crippen MR) is 117 cm³/mol. The molecule has 162 valence electrons. The number of hydrogen-bond donors (Lipinski definition) is 0. The van der Waals surface area contributed by atoms with Crippen molar-refractivity contribution in [3.05, 3.63) is 30.3 Å². The van der Waals surface area contributed by atoms with Gasteiger partial charge in [0.25, 0.3) is 0 Å². The first kappa shape index (κ1) is 21.2. The first-order chi connectivity index (χ1) is 14.3. The molecule has 5 fully saturated rings. The molecule has 0 spiro atoms. The minimum atomic E-state index is 0.399. The molecule has 5 aliphatic rings. The zero-order chi connectivity index (χ0) is 19.9. The number of benzene rings is 1. The zero-order valence-corrected chi connectivity index (χ0v) is 18.3. The largest absolute Gasteiger partial charge is 0.494 e. The fourth-order valence-corrected chi connectivity index (χ4v) is 6.19. The van der Waals surface area contributed by atoms with Gasteiger partial charge in [0.1, 0.15) is 5.75 Å². The summed E-state index contributed by atoms with van der Waals surface area (Å²) in [5, 5.41) is 0. The van der Waals surface area contributed by atoms with Gasteiger partial charge in [0.2, 0.25) is 0 Å². The molecule has 0 N–H and O–H groups in total. The second kappa shape index (κ2) is 10.8. The van der Waals surface area contributed by atoms with Gasteiger partial charge in [0.05, 0.1) is 18.8 Å². The third kappa shape index (κ3) is 5.98. The quantitative estimate of drug-likeness (QED) is 0.281. The van der Waals surface area contributed by atoms with Gasteiger partial charge >= 0.3 is 0 Å². The van der Waals surface area contributed by atoms with Crippen molar-refractivity contribution in [2.75, 3.05) is 6.61 Å². The Morgan fingerprint density at radius 1 is 0.793 bits per heavy atom. The summed E-state index contributed by atoms with van der Waals surface area (Å²) in [6.07, 6.45) is 16.8. The molecule has 0 radical (unpaired) electrons. The van der Waals surface area contributed by atoms with Crippen LogP contribution < -0.4 is 4.74 Å². The molecule has 0 amide bonds. The summed E-state index contributed by atoms with van der Waals surface area (Å²) in [6, 6.07) is 9.93. The molecule has 6 rings (SSSR count). The fourth-order valence-electron chi connectivity index (χ4n) is 6.19. The standard InChI is InChI=1S/C16H26O2.C10H14O/c1-2-4-15(5-3-1)17-18-16-13-7-11-6-12(9-13)10-14(16)8-11;1-2-3-9-11-10-7-5-4-6-8-10/h11-16H,1-10H2;4-8H,2-3,9H2,1H3. The van der Waals surface area contributed by atoms with Crippen LogP contribution >= 0.6 is 0 Å². The highest BCUT2D eigenvalue weighted by Crippen LogP contribution is 2.54. The van der Waals surface area contributed by atoms with Crippen LogP contribution in [-0.2, 0) is 9.78 Å². The van der Waals surface area contributed by atoms with Crippen LogP contribution in [0.4, 0.5) is 0 Å². The van der Waals surface area contributed by atoms with Gasteiger partial charge in [-0.25, -0.2) is 9.78 Å². The van der Waals surface area contributed by atoms with E-state index in [4.69, 9.17) is 14.5 Å². The molecule has 1 aromatic carbocycles. The minimum absolute atomic E-state index is 0.399. The van der Waals surface area contributed by atoms with Crippen molar-refractivity contribution >= 4 is 0 Å². The smallest absolute Gasteiger partial charge is 0.119 e. The summed E-state index contributed by atoms with van der Waals surface area (Å²) in [4.78, 5) is 11.8. The molecule has 5 saturated carbocycles. The van der Waals surface area contributed by atoms with Crippen LogP contribution in [-0.4, -0.2) is 18.8 Å². The van der Waals surface area contributed by atoms with Crippen LogP contribution in [0, 0.1) is 23.7 Å². The van der Waals surface area contributed by atoms with Gasteiger partial charge in [0.15, 0.2) is 0 Å². The van der Waals surface area contributed by atoms with E-state index in [0.29, 0.717) is 12.2 Å². The number of rotatable bonds is 7. The molecule has 0 saturated heterocycles. The molecule has 0 aromatic heterocycles. The van der Waals surface area contributed by atoms with Gasteiger partial charge in [-0.3, -0.25) is 0 Å². The van der Waals surface area contributed by atoms with Crippen molar-refractivity contribution in [3.63, 3.8) is 0 Å². The number of para-hydroxylation sites is 1. The molecule has 0 heterocycles. The maximum Gasteiger partial charge on any atom is 0.119 e. The maximum absolute atomic E-state index is 5.96. The lowest BCUT2D eigenvalue weighted by molar-refractivity contribution is -0.383. The fraction of sp³-hybridized carbons (Fsp3) is 0.769. The van der Waals surface area contributed by atoms with E-state index in [1.807, 2.05) is 30.3 Å². The van der Waals surface area contributed by atoms with Crippen molar-refractivity contribution in [1.29, 1.82) is 0 Å². The molecule has 29 heavy (non-hydrogen) atoms. The Kier molecular flexibility index (Phi) is 7.90. The van der Waals surface area contributed by atoms with Crippen molar-refractivity contribution < 1.29 is 14.5 Å². The zero-order valence-electron chi connectivity index (χ0n) is 18.3. The minimum Gasteiger partial charge on any atom is -0.494 e. The molecule has 0 atom stereocenters. The number of unbranched alkanes of at least 4 members (excludes halogenated alkanes) is 1. The maximum atomic E-state index is 5.96. The molecule has 5 aliphatic carbocycles. The molecule has 4 bridgehead atoms. The van der Waals surface area contributed by atoms with Crippen molar-refractivity contribution in [2.24, 2.45) is 23.7 Å². The monoisotopic (exact) mass is 400 g/mol. The van der Waals surface area contributed by atoms with Crippen LogP contribution in [0.15, 0.2) is 30.3 Å². The van der Waals surface area contributed by atoms with Crippen LogP contribution in [0.2, 0.25) is 0 Å². The predicted octanol–water partition coefficient (Wildman–Crippen LogP) is 6.96. The van der Waals surface area contributed by atoms with E-state index in [1.54, 1.807) is 0 Å². The number of ether oxygens (including phenoxy) is 1. The lowest BCUT2D eigenvalue weighted by Crippen LogP contribution is -2.49. The first-order valence-corrected chi connectivity index (χ1v) is 12.3. The van der Waals surface area contributed by atoms with E-state index in [-0.39, 0.29) is 0 Å². The first-order valence-electron chi connectivity index (χ1n) is 12.3. The molecule has 3 heteroatoms. The Hall–Kier alpha value is -1.06. The summed E-state index contributed by atoms with van der Waals surface area (Å²) < 4.78 is 5.45. The van der Waals surface area contributed by atoms with E-state index in [0.717, 1.165) is 42.4 Å². The van der Waals surface area contributed by atoms with Crippen LogP contribution in [0.1, 0.15) is 84.0 Å². The summed E-state index contributed by atoms with van der Waals surface area (Å²) in [5.41, 5.74) is 0. The van der Waals surface area contributed by atoms with Crippen molar-refractivity contribution in [3.8, 4) is 5.75 Å². The van der Waals surface area contributed by atoms with E-state index in [9.17, 15) is 0 Å². The Bertz CT molecular complexity index is 553. The van der Waals surface area contributed by atoms with E-state index in [1.165, 1.54) is 70.6 Å². The summed E-state index contributed by atoms with van der Waals surface area (Å²) in [5.74, 6) is 4.68.